The molecule has 0 saturated heterocycles. The second-order valence-electron chi connectivity index (χ2n) is 5.76. The molecule has 2 aromatic carbocycles. The number of amides is 1. The summed E-state index contributed by atoms with van der Waals surface area (Å²) in [4.78, 5) is 25.7. The van der Waals surface area contributed by atoms with E-state index in [1.54, 1.807) is 37.4 Å². The lowest BCUT2D eigenvalue weighted by molar-refractivity contribution is -0.133. The van der Waals surface area contributed by atoms with Crippen LogP contribution in [0.5, 0.6) is 17.2 Å². The molecule has 0 bridgehead atoms. The van der Waals surface area contributed by atoms with Gasteiger partial charge >= 0.3 is 5.97 Å². The van der Waals surface area contributed by atoms with Gasteiger partial charge in [0.15, 0.2) is 18.1 Å². The molecular formula is C20H22ClNO6. The quantitative estimate of drug-likeness (QED) is 0.595. The third kappa shape index (κ3) is 6.06. The molecule has 0 fully saturated rings. The Balaban J connectivity index is 1.78. The van der Waals surface area contributed by atoms with E-state index in [1.165, 1.54) is 31.3 Å². The first-order valence-corrected chi connectivity index (χ1v) is 8.84. The van der Waals surface area contributed by atoms with Gasteiger partial charge in [-0.2, -0.15) is 0 Å². The fourth-order valence-electron chi connectivity index (χ4n) is 2.24. The van der Waals surface area contributed by atoms with Crippen molar-refractivity contribution in [3.05, 3.63) is 53.1 Å². The number of methoxy groups -OCH3 is 2. The smallest absolute Gasteiger partial charge is 0.338 e. The number of likely N-dealkylation sites (N-methyl/N-ethyl adjacent to an activating group) is 1. The van der Waals surface area contributed by atoms with E-state index in [4.69, 9.17) is 30.5 Å². The Hall–Kier alpha value is -2.93. The number of halogens is 1. The topological polar surface area (TPSA) is 74.3 Å². The number of hydrogen-bond donors (Lipinski definition) is 0. The van der Waals surface area contributed by atoms with Crippen LogP contribution in [-0.4, -0.2) is 57.8 Å². The largest absolute Gasteiger partial charge is 0.493 e. The highest BCUT2D eigenvalue weighted by Gasteiger charge is 2.15. The fourth-order valence-corrected chi connectivity index (χ4v) is 2.37. The van der Waals surface area contributed by atoms with E-state index in [1.807, 2.05) is 0 Å². The van der Waals surface area contributed by atoms with Crippen LogP contribution in [0.15, 0.2) is 42.5 Å². The van der Waals surface area contributed by atoms with Crippen molar-refractivity contribution in [2.24, 2.45) is 0 Å². The molecule has 2 aromatic rings. The SMILES string of the molecule is COc1ccc(C(=O)OCC(=O)N(C)CCOc2ccc(Cl)cc2)cc1OC. The molecule has 0 aromatic heterocycles. The zero-order valence-corrected chi connectivity index (χ0v) is 16.7. The van der Waals surface area contributed by atoms with Gasteiger partial charge in [-0.1, -0.05) is 11.6 Å². The molecule has 0 heterocycles. The van der Waals surface area contributed by atoms with E-state index in [-0.39, 0.29) is 18.1 Å². The fraction of sp³-hybridized carbons (Fsp3) is 0.300. The van der Waals surface area contributed by atoms with Crippen LogP contribution >= 0.6 is 11.6 Å². The summed E-state index contributed by atoms with van der Waals surface area (Å²) in [6.07, 6.45) is 0. The molecule has 0 aliphatic heterocycles. The van der Waals surface area contributed by atoms with E-state index in [9.17, 15) is 9.59 Å². The molecule has 0 aliphatic rings. The van der Waals surface area contributed by atoms with Crippen LogP contribution in [0.1, 0.15) is 10.4 Å². The van der Waals surface area contributed by atoms with Crippen LogP contribution < -0.4 is 14.2 Å². The van der Waals surface area contributed by atoms with Crippen molar-refractivity contribution < 1.29 is 28.5 Å². The highest BCUT2D eigenvalue weighted by Crippen LogP contribution is 2.27. The molecule has 0 atom stereocenters. The predicted molar refractivity (Wildman–Crippen MR) is 104 cm³/mol. The van der Waals surface area contributed by atoms with Crippen LogP contribution in [0.2, 0.25) is 5.02 Å². The van der Waals surface area contributed by atoms with Crippen molar-refractivity contribution in [3.63, 3.8) is 0 Å². The minimum atomic E-state index is -0.625. The Morgan fingerprint density at radius 1 is 1.00 bits per heavy atom. The number of benzene rings is 2. The van der Waals surface area contributed by atoms with Crippen molar-refractivity contribution in [2.45, 2.75) is 0 Å². The molecule has 0 unspecified atom stereocenters. The van der Waals surface area contributed by atoms with Crippen LogP contribution in [0, 0.1) is 0 Å². The average molecular weight is 408 g/mol. The van der Waals surface area contributed by atoms with Gasteiger partial charge in [0.05, 0.1) is 26.3 Å². The molecule has 28 heavy (non-hydrogen) atoms. The highest BCUT2D eigenvalue weighted by atomic mass is 35.5. The molecule has 0 radical (unpaired) electrons. The zero-order valence-electron chi connectivity index (χ0n) is 15.9. The molecule has 8 heteroatoms. The Labute approximate surface area is 168 Å². The van der Waals surface area contributed by atoms with E-state index >= 15 is 0 Å². The maximum atomic E-state index is 12.1. The summed E-state index contributed by atoms with van der Waals surface area (Å²) < 4.78 is 20.9. The van der Waals surface area contributed by atoms with Gasteiger partial charge in [0, 0.05) is 12.1 Å². The number of ether oxygens (including phenoxy) is 4. The molecule has 7 nitrogen and oxygen atoms in total. The molecule has 2 rings (SSSR count). The average Bonchev–Trinajstić information content (AvgIpc) is 2.72. The van der Waals surface area contributed by atoms with Gasteiger partial charge in [-0.15, -0.1) is 0 Å². The number of hydrogen-bond acceptors (Lipinski definition) is 6. The molecule has 0 N–H and O–H groups in total. The van der Waals surface area contributed by atoms with Gasteiger partial charge in [0.1, 0.15) is 12.4 Å². The zero-order chi connectivity index (χ0) is 20.5. The van der Waals surface area contributed by atoms with Gasteiger partial charge < -0.3 is 23.8 Å². The number of carbonyl (C=O) groups is 2. The van der Waals surface area contributed by atoms with Crippen molar-refractivity contribution in [3.8, 4) is 17.2 Å². The monoisotopic (exact) mass is 407 g/mol. The van der Waals surface area contributed by atoms with Gasteiger partial charge in [-0.3, -0.25) is 4.79 Å². The Morgan fingerprint density at radius 2 is 1.68 bits per heavy atom. The predicted octanol–water partition coefficient (Wildman–Crippen LogP) is 3.05. The Kier molecular flexibility index (Phi) is 7.95. The second kappa shape index (κ2) is 10.4. The van der Waals surface area contributed by atoms with E-state index in [2.05, 4.69) is 0 Å². The highest BCUT2D eigenvalue weighted by molar-refractivity contribution is 6.30. The third-order valence-electron chi connectivity index (χ3n) is 3.88. The second-order valence-corrected chi connectivity index (χ2v) is 6.20. The standard InChI is InChI=1S/C20H22ClNO6/c1-22(10-11-27-16-7-5-15(21)6-8-16)19(23)13-28-20(24)14-4-9-17(25-2)18(12-14)26-3/h4-9,12H,10-11,13H2,1-3H3. The molecular weight excluding hydrogens is 386 g/mol. The van der Waals surface area contributed by atoms with Gasteiger partial charge in [0.25, 0.3) is 5.91 Å². The minimum Gasteiger partial charge on any atom is -0.493 e. The molecule has 0 saturated carbocycles. The summed E-state index contributed by atoms with van der Waals surface area (Å²) in [6, 6.07) is 11.6. The summed E-state index contributed by atoms with van der Waals surface area (Å²) >= 11 is 5.81. The van der Waals surface area contributed by atoms with Gasteiger partial charge in [-0.25, -0.2) is 4.79 Å². The maximum absolute atomic E-state index is 12.1. The van der Waals surface area contributed by atoms with E-state index in [0.717, 1.165) is 0 Å². The lowest BCUT2D eigenvalue weighted by Crippen LogP contribution is -2.34. The summed E-state index contributed by atoms with van der Waals surface area (Å²) in [5.41, 5.74) is 0.263. The third-order valence-corrected chi connectivity index (χ3v) is 4.13. The van der Waals surface area contributed by atoms with Crippen molar-refractivity contribution in [2.75, 3.05) is 41.0 Å². The number of carbonyl (C=O) groups excluding carboxylic acids is 2. The molecule has 0 spiro atoms. The maximum Gasteiger partial charge on any atom is 0.338 e. The van der Waals surface area contributed by atoms with Crippen molar-refractivity contribution in [1.29, 1.82) is 0 Å². The lowest BCUT2D eigenvalue weighted by atomic mass is 10.2. The Morgan fingerprint density at radius 3 is 2.32 bits per heavy atom. The van der Waals surface area contributed by atoms with Crippen LogP contribution in [0.25, 0.3) is 0 Å². The van der Waals surface area contributed by atoms with Gasteiger partial charge in [-0.05, 0) is 42.5 Å². The minimum absolute atomic E-state index is 0.263. The summed E-state index contributed by atoms with van der Waals surface area (Å²) in [6.45, 7) is 0.271. The first-order chi connectivity index (χ1) is 13.4. The first kappa shape index (κ1) is 21.4. The van der Waals surface area contributed by atoms with Crippen LogP contribution in [0.3, 0.4) is 0 Å². The summed E-state index contributed by atoms with van der Waals surface area (Å²) in [5, 5.41) is 0.621. The van der Waals surface area contributed by atoms with E-state index < -0.39 is 5.97 Å². The van der Waals surface area contributed by atoms with Crippen molar-refractivity contribution >= 4 is 23.5 Å². The van der Waals surface area contributed by atoms with E-state index in [0.29, 0.717) is 35.4 Å². The molecule has 150 valence electrons. The van der Waals surface area contributed by atoms with Crippen LogP contribution in [-0.2, 0) is 9.53 Å². The first-order valence-electron chi connectivity index (χ1n) is 8.46. The lowest BCUT2D eigenvalue weighted by Gasteiger charge is -2.17. The normalized spacial score (nSPS) is 10.1. The van der Waals surface area contributed by atoms with Gasteiger partial charge in [0.2, 0.25) is 0 Å². The number of nitrogens with zero attached hydrogens (tertiary/aromatic N) is 1. The van der Waals surface area contributed by atoms with Crippen molar-refractivity contribution in [1.82, 2.24) is 4.90 Å². The summed E-state index contributed by atoms with van der Waals surface area (Å²) in [7, 11) is 4.58. The number of esters is 1. The van der Waals surface area contributed by atoms with Crippen LogP contribution in [0.4, 0.5) is 0 Å². The molecule has 0 aliphatic carbocycles. The Bertz CT molecular complexity index is 809. The number of rotatable bonds is 9. The summed E-state index contributed by atoms with van der Waals surface area (Å²) in [5.74, 6) is 0.592. The molecule has 1 amide bonds.